The van der Waals surface area contributed by atoms with Crippen LogP contribution in [0.15, 0.2) is 48.5 Å². The molecule has 24 heavy (non-hydrogen) atoms. The average molecular weight is 323 g/mol. The minimum Gasteiger partial charge on any atom is -0.378 e. The second-order valence-electron chi connectivity index (χ2n) is 6.90. The van der Waals surface area contributed by atoms with E-state index in [2.05, 4.69) is 41.8 Å². The average Bonchev–Trinajstić information content (AvgIpc) is 3.35. The number of aryl methyl sites for hydroxylation is 1. The van der Waals surface area contributed by atoms with E-state index >= 15 is 0 Å². The monoisotopic (exact) mass is 323 g/mol. The lowest BCUT2D eigenvalue weighted by molar-refractivity contribution is 0.251. The number of urea groups is 1. The molecule has 2 aromatic rings. The van der Waals surface area contributed by atoms with E-state index in [1.54, 1.807) is 0 Å². The molecular weight excluding hydrogens is 298 g/mol. The predicted octanol–water partition coefficient (Wildman–Crippen LogP) is 3.91. The van der Waals surface area contributed by atoms with E-state index in [4.69, 9.17) is 0 Å². The van der Waals surface area contributed by atoms with Crippen molar-refractivity contribution in [2.24, 2.45) is 0 Å². The van der Waals surface area contributed by atoms with Gasteiger partial charge in [-0.15, -0.1) is 0 Å². The smallest absolute Gasteiger partial charge is 0.319 e. The molecule has 0 atom stereocenters. The Balaban J connectivity index is 1.55. The van der Waals surface area contributed by atoms with Crippen LogP contribution in [0.5, 0.6) is 0 Å². The highest BCUT2D eigenvalue weighted by Crippen LogP contribution is 2.47. The first-order chi connectivity index (χ1) is 11.5. The third kappa shape index (κ3) is 3.70. The van der Waals surface area contributed by atoms with Gasteiger partial charge in [-0.3, -0.25) is 0 Å². The fourth-order valence-electron chi connectivity index (χ4n) is 2.89. The third-order valence-electron chi connectivity index (χ3n) is 4.75. The Labute approximate surface area is 143 Å². The summed E-state index contributed by atoms with van der Waals surface area (Å²) in [6.45, 7) is 2.77. The molecule has 0 saturated heterocycles. The van der Waals surface area contributed by atoms with Crippen molar-refractivity contribution in [3.8, 4) is 0 Å². The van der Waals surface area contributed by atoms with Crippen LogP contribution >= 0.6 is 0 Å². The molecule has 0 aromatic heterocycles. The molecule has 0 heterocycles. The summed E-state index contributed by atoms with van der Waals surface area (Å²) in [5.41, 5.74) is 4.63. The second kappa shape index (κ2) is 6.56. The lowest BCUT2D eigenvalue weighted by Crippen LogP contribution is -2.35. The summed E-state index contributed by atoms with van der Waals surface area (Å²) in [5.74, 6) is 0. The Morgan fingerprint density at radius 3 is 2.21 bits per heavy atom. The highest BCUT2D eigenvalue weighted by atomic mass is 16.2. The largest absolute Gasteiger partial charge is 0.378 e. The fraction of sp³-hybridized carbons (Fsp3) is 0.350. The van der Waals surface area contributed by atoms with Crippen molar-refractivity contribution in [2.75, 3.05) is 30.9 Å². The summed E-state index contributed by atoms with van der Waals surface area (Å²) < 4.78 is 0. The minimum absolute atomic E-state index is 0.125. The Bertz CT molecular complexity index is 701. The van der Waals surface area contributed by atoms with Gasteiger partial charge in [-0.1, -0.05) is 29.8 Å². The number of hydrogen-bond acceptors (Lipinski definition) is 2. The van der Waals surface area contributed by atoms with Crippen LogP contribution in [0.1, 0.15) is 24.0 Å². The number of benzene rings is 2. The zero-order valence-corrected chi connectivity index (χ0v) is 14.6. The predicted molar refractivity (Wildman–Crippen MR) is 99.9 cm³/mol. The summed E-state index contributed by atoms with van der Waals surface area (Å²) in [7, 11) is 3.99. The van der Waals surface area contributed by atoms with E-state index in [9.17, 15) is 4.79 Å². The van der Waals surface area contributed by atoms with Gasteiger partial charge in [0, 0.05) is 37.4 Å². The number of amides is 2. The molecule has 0 unspecified atom stereocenters. The second-order valence-corrected chi connectivity index (χ2v) is 6.90. The quantitative estimate of drug-likeness (QED) is 0.876. The van der Waals surface area contributed by atoms with E-state index in [1.807, 2.05) is 43.3 Å². The van der Waals surface area contributed by atoms with Crippen molar-refractivity contribution >= 4 is 17.4 Å². The van der Waals surface area contributed by atoms with Crippen LogP contribution in [0.25, 0.3) is 0 Å². The summed E-state index contributed by atoms with van der Waals surface area (Å²) in [4.78, 5) is 14.2. The topological polar surface area (TPSA) is 44.4 Å². The van der Waals surface area contributed by atoms with Crippen molar-refractivity contribution in [1.82, 2.24) is 5.32 Å². The van der Waals surface area contributed by atoms with Gasteiger partial charge in [0.1, 0.15) is 0 Å². The highest BCUT2D eigenvalue weighted by Gasteiger charge is 2.44. The SMILES string of the molecule is Cc1ccc(C2(CNC(=O)Nc3ccc(N(C)C)cc3)CC2)cc1. The zero-order chi connectivity index (χ0) is 17.2. The molecule has 0 radical (unpaired) electrons. The fourth-order valence-corrected chi connectivity index (χ4v) is 2.89. The molecular formula is C20H25N3O. The van der Waals surface area contributed by atoms with Crippen LogP contribution in [0.2, 0.25) is 0 Å². The van der Waals surface area contributed by atoms with Crippen LogP contribution in [0, 0.1) is 6.92 Å². The summed E-state index contributed by atoms with van der Waals surface area (Å²) in [6, 6.07) is 16.3. The van der Waals surface area contributed by atoms with Crippen molar-refractivity contribution in [3.63, 3.8) is 0 Å². The summed E-state index contributed by atoms with van der Waals surface area (Å²) >= 11 is 0. The Morgan fingerprint density at radius 1 is 1.04 bits per heavy atom. The maximum absolute atomic E-state index is 12.2. The Hall–Kier alpha value is -2.49. The Morgan fingerprint density at radius 2 is 1.67 bits per heavy atom. The first-order valence-electron chi connectivity index (χ1n) is 8.38. The molecule has 1 aliphatic carbocycles. The number of nitrogens with zero attached hydrogens (tertiary/aromatic N) is 1. The molecule has 0 aliphatic heterocycles. The molecule has 0 spiro atoms. The molecule has 4 heteroatoms. The van der Waals surface area contributed by atoms with Crippen molar-refractivity contribution in [3.05, 3.63) is 59.7 Å². The van der Waals surface area contributed by atoms with Crippen LogP contribution in [-0.2, 0) is 5.41 Å². The van der Waals surface area contributed by atoms with E-state index in [1.165, 1.54) is 11.1 Å². The van der Waals surface area contributed by atoms with Gasteiger partial charge in [0.25, 0.3) is 0 Å². The first kappa shape index (κ1) is 16.4. The zero-order valence-electron chi connectivity index (χ0n) is 14.6. The molecule has 126 valence electrons. The van der Waals surface area contributed by atoms with E-state index in [0.717, 1.165) is 24.2 Å². The maximum Gasteiger partial charge on any atom is 0.319 e. The van der Waals surface area contributed by atoms with Crippen LogP contribution in [0.3, 0.4) is 0 Å². The van der Waals surface area contributed by atoms with Crippen LogP contribution < -0.4 is 15.5 Å². The Kier molecular flexibility index (Phi) is 4.47. The van der Waals surface area contributed by atoms with Gasteiger partial charge in [0.2, 0.25) is 0 Å². The molecule has 2 amide bonds. The lowest BCUT2D eigenvalue weighted by atomic mass is 9.95. The first-order valence-corrected chi connectivity index (χ1v) is 8.38. The van der Waals surface area contributed by atoms with E-state index < -0.39 is 0 Å². The molecule has 2 aromatic carbocycles. The van der Waals surface area contributed by atoms with Gasteiger partial charge in [0.15, 0.2) is 0 Å². The minimum atomic E-state index is -0.147. The van der Waals surface area contributed by atoms with Crippen LogP contribution in [-0.4, -0.2) is 26.7 Å². The maximum atomic E-state index is 12.2. The number of anilines is 2. The van der Waals surface area contributed by atoms with Gasteiger partial charge >= 0.3 is 6.03 Å². The number of carbonyl (C=O) groups is 1. The lowest BCUT2D eigenvalue weighted by Gasteiger charge is -2.17. The van der Waals surface area contributed by atoms with E-state index in [0.29, 0.717) is 6.54 Å². The molecule has 1 fully saturated rings. The molecule has 1 saturated carbocycles. The number of rotatable bonds is 5. The third-order valence-corrected chi connectivity index (χ3v) is 4.75. The molecule has 1 aliphatic rings. The van der Waals surface area contributed by atoms with E-state index in [-0.39, 0.29) is 11.4 Å². The molecule has 0 bridgehead atoms. The van der Waals surface area contributed by atoms with Gasteiger partial charge in [-0.05, 0) is 49.6 Å². The van der Waals surface area contributed by atoms with Gasteiger partial charge in [0.05, 0.1) is 0 Å². The van der Waals surface area contributed by atoms with Crippen molar-refractivity contribution in [2.45, 2.75) is 25.2 Å². The van der Waals surface area contributed by atoms with Crippen molar-refractivity contribution < 1.29 is 4.79 Å². The summed E-state index contributed by atoms with van der Waals surface area (Å²) in [5, 5.41) is 5.92. The van der Waals surface area contributed by atoms with Gasteiger partial charge < -0.3 is 15.5 Å². The number of hydrogen-bond donors (Lipinski definition) is 2. The standard InChI is InChI=1S/C20H25N3O/c1-15-4-6-16(7-5-15)20(12-13-20)14-21-19(24)22-17-8-10-18(11-9-17)23(2)3/h4-11H,12-14H2,1-3H3,(H2,21,22,24). The number of carbonyl (C=O) groups excluding carboxylic acids is 1. The molecule has 3 rings (SSSR count). The van der Waals surface area contributed by atoms with Crippen molar-refractivity contribution in [1.29, 1.82) is 0 Å². The normalized spacial score (nSPS) is 14.8. The summed E-state index contributed by atoms with van der Waals surface area (Å²) in [6.07, 6.45) is 2.27. The molecule has 2 N–H and O–H groups in total. The van der Waals surface area contributed by atoms with Gasteiger partial charge in [-0.2, -0.15) is 0 Å². The number of nitrogens with one attached hydrogen (secondary N) is 2. The van der Waals surface area contributed by atoms with Gasteiger partial charge in [-0.25, -0.2) is 4.79 Å². The van der Waals surface area contributed by atoms with Crippen LogP contribution in [0.4, 0.5) is 16.2 Å². The molecule has 4 nitrogen and oxygen atoms in total. The highest BCUT2D eigenvalue weighted by molar-refractivity contribution is 5.89.